The molecule has 0 spiro atoms. The fraction of sp³-hybridized carbons (Fsp3) is 0.294. The zero-order valence-electron chi connectivity index (χ0n) is 10.9. The van der Waals surface area contributed by atoms with Crippen LogP contribution in [0.1, 0.15) is 30.9 Å². The maximum absolute atomic E-state index is 5.85. The summed E-state index contributed by atoms with van der Waals surface area (Å²) in [5, 5.41) is 0. The second-order valence-electron chi connectivity index (χ2n) is 4.47. The Bertz CT molecular complexity index is 462. The Morgan fingerprint density at radius 3 is 2.39 bits per heavy atom. The molecule has 2 aromatic carbocycles. The van der Waals surface area contributed by atoms with Crippen molar-refractivity contribution in [1.82, 2.24) is 0 Å². The van der Waals surface area contributed by atoms with Crippen molar-refractivity contribution >= 4 is 0 Å². The second kappa shape index (κ2) is 6.85. The molecule has 0 aliphatic heterocycles. The lowest BCUT2D eigenvalue weighted by atomic mass is 10.0. The average molecular weight is 240 g/mol. The van der Waals surface area contributed by atoms with Gasteiger partial charge in [0, 0.05) is 6.42 Å². The van der Waals surface area contributed by atoms with Gasteiger partial charge in [0.25, 0.3) is 0 Å². The van der Waals surface area contributed by atoms with Crippen LogP contribution in [0, 0.1) is 0 Å². The van der Waals surface area contributed by atoms with Gasteiger partial charge in [-0.05, 0) is 23.6 Å². The highest BCUT2D eigenvalue weighted by molar-refractivity contribution is 5.37. The van der Waals surface area contributed by atoms with Crippen molar-refractivity contribution in [1.29, 1.82) is 0 Å². The Labute approximate surface area is 109 Å². The molecule has 18 heavy (non-hydrogen) atoms. The van der Waals surface area contributed by atoms with Crippen molar-refractivity contribution in [2.45, 2.75) is 26.2 Å². The fourth-order valence-corrected chi connectivity index (χ4v) is 1.93. The second-order valence-corrected chi connectivity index (χ2v) is 4.47. The molecule has 2 rings (SSSR count). The lowest BCUT2D eigenvalue weighted by molar-refractivity contribution is 0.307. The van der Waals surface area contributed by atoms with E-state index in [0.717, 1.165) is 25.2 Å². The van der Waals surface area contributed by atoms with Crippen molar-refractivity contribution < 1.29 is 4.74 Å². The number of para-hydroxylation sites is 1. The monoisotopic (exact) mass is 240 g/mol. The molecule has 1 heteroatoms. The Morgan fingerprint density at radius 2 is 1.61 bits per heavy atom. The van der Waals surface area contributed by atoms with Gasteiger partial charge in [0.1, 0.15) is 5.75 Å². The van der Waals surface area contributed by atoms with Crippen LogP contribution >= 0.6 is 0 Å². The summed E-state index contributed by atoms with van der Waals surface area (Å²) in [5.41, 5.74) is 2.59. The summed E-state index contributed by atoms with van der Waals surface area (Å²) < 4.78 is 5.85. The number of ether oxygens (including phenoxy) is 1. The summed E-state index contributed by atoms with van der Waals surface area (Å²) in [6.07, 6.45) is 3.21. The zero-order chi connectivity index (χ0) is 12.6. The predicted molar refractivity (Wildman–Crippen MR) is 76.1 cm³/mol. The van der Waals surface area contributed by atoms with Gasteiger partial charge in [0.15, 0.2) is 0 Å². The summed E-state index contributed by atoms with van der Waals surface area (Å²) in [5.74, 6) is 1.02. The van der Waals surface area contributed by atoms with E-state index < -0.39 is 0 Å². The summed E-state index contributed by atoms with van der Waals surface area (Å²) in [7, 11) is 0. The maximum Gasteiger partial charge on any atom is 0.122 e. The minimum Gasteiger partial charge on any atom is -0.493 e. The van der Waals surface area contributed by atoms with Crippen LogP contribution in [0.2, 0.25) is 0 Å². The Balaban J connectivity index is 2.07. The van der Waals surface area contributed by atoms with Crippen LogP contribution in [0.15, 0.2) is 54.6 Å². The van der Waals surface area contributed by atoms with E-state index in [1.165, 1.54) is 17.5 Å². The molecule has 0 amide bonds. The van der Waals surface area contributed by atoms with Crippen LogP contribution in [-0.4, -0.2) is 6.61 Å². The normalized spacial score (nSPS) is 10.3. The molecule has 0 aliphatic rings. The quantitative estimate of drug-likeness (QED) is 0.677. The van der Waals surface area contributed by atoms with E-state index in [0.29, 0.717) is 0 Å². The highest BCUT2D eigenvalue weighted by Crippen LogP contribution is 2.21. The third kappa shape index (κ3) is 3.63. The largest absolute Gasteiger partial charge is 0.493 e. The molecule has 0 N–H and O–H groups in total. The van der Waals surface area contributed by atoms with E-state index in [1.54, 1.807) is 0 Å². The highest BCUT2D eigenvalue weighted by atomic mass is 16.5. The SMILES string of the molecule is CCCCOc1ccccc1Cc1ccccc1. The molecule has 0 saturated heterocycles. The van der Waals surface area contributed by atoms with Crippen molar-refractivity contribution in [3.8, 4) is 5.75 Å². The minimum atomic E-state index is 0.808. The Hall–Kier alpha value is -1.76. The number of hydrogen-bond donors (Lipinski definition) is 0. The first kappa shape index (κ1) is 12.7. The Kier molecular flexibility index (Phi) is 4.83. The molecule has 0 bridgehead atoms. The zero-order valence-corrected chi connectivity index (χ0v) is 10.9. The van der Waals surface area contributed by atoms with Crippen LogP contribution in [-0.2, 0) is 6.42 Å². The lowest BCUT2D eigenvalue weighted by Gasteiger charge is -2.11. The van der Waals surface area contributed by atoms with Gasteiger partial charge in [-0.25, -0.2) is 0 Å². The van der Waals surface area contributed by atoms with Crippen molar-refractivity contribution in [3.05, 3.63) is 65.7 Å². The van der Waals surface area contributed by atoms with E-state index in [4.69, 9.17) is 4.74 Å². The molecule has 1 nitrogen and oxygen atoms in total. The van der Waals surface area contributed by atoms with Crippen molar-refractivity contribution in [2.24, 2.45) is 0 Å². The lowest BCUT2D eigenvalue weighted by Crippen LogP contribution is -2.00. The molecule has 0 aromatic heterocycles. The van der Waals surface area contributed by atoms with Gasteiger partial charge in [-0.3, -0.25) is 0 Å². The van der Waals surface area contributed by atoms with Crippen molar-refractivity contribution in [2.75, 3.05) is 6.61 Å². The fourth-order valence-electron chi connectivity index (χ4n) is 1.93. The summed E-state index contributed by atoms with van der Waals surface area (Å²) >= 11 is 0. The molecule has 0 radical (unpaired) electrons. The number of rotatable bonds is 6. The molecule has 2 aromatic rings. The molecule has 0 heterocycles. The van der Waals surface area contributed by atoms with Crippen LogP contribution in [0.4, 0.5) is 0 Å². The predicted octanol–water partition coefficient (Wildman–Crippen LogP) is 4.46. The van der Waals surface area contributed by atoms with Gasteiger partial charge in [-0.2, -0.15) is 0 Å². The van der Waals surface area contributed by atoms with E-state index in [-0.39, 0.29) is 0 Å². The van der Waals surface area contributed by atoms with Crippen molar-refractivity contribution in [3.63, 3.8) is 0 Å². The molecule has 0 saturated carbocycles. The molecular formula is C17H20O. The topological polar surface area (TPSA) is 9.23 Å². The van der Waals surface area contributed by atoms with Gasteiger partial charge in [-0.15, -0.1) is 0 Å². The highest BCUT2D eigenvalue weighted by Gasteiger charge is 2.03. The van der Waals surface area contributed by atoms with Crippen LogP contribution < -0.4 is 4.74 Å². The number of benzene rings is 2. The van der Waals surface area contributed by atoms with E-state index in [2.05, 4.69) is 49.4 Å². The van der Waals surface area contributed by atoms with Crippen LogP contribution in [0.5, 0.6) is 5.75 Å². The van der Waals surface area contributed by atoms with Gasteiger partial charge in [0.2, 0.25) is 0 Å². The first-order chi connectivity index (χ1) is 8.90. The first-order valence-electron chi connectivity index (χ1n) is 6.65. The van der Waals surface area contributed by atoms with Crippen LogP contribution in [0.25, 0.3) is 0 Å². The number of hydrogen-bond acceptors (Lipinski definition) is 1. The summed E-state index contributed by atoms with van der Waals surface area (Å²) in [6.45, 7) is 2.99. The van der Waals surface area contributed by atoms with E-state index in [1.807, 2.05) is 12.1 Å². The van der Waals surface area contributed by atoms with Gasteiger partial charge in [0.05, 0.1) is 6.61 Å². The molecule has 94 valence electrons. The van der Waals surface area contributed by atoms with Gasteiger partial charge < -0.3 is 4.74 Å². The van der Waals surface area contributed by atoms with Gasteiger partial charge >= 0.3 is 0 Å². The summed E-state index contributed by atoms with van der Waals surface area (Å²) in [4.78, 5) is 0. The third-order valence-electron chi connectivity index (χ3n) is 2.97. The number of unbranched alkanes of at least 4 members (excludes halogenated alkanes) is 1. The van der Waals surface area contributed by atoms with E-state index >= 15 is 0 Å². The van der Waals surface area contributed by atoms with Gasteiger partial charge in [-0.1, -0.05) is 61.9 Å². The third-order valence-corrected chi connectivity index (χ3v) is 2.97. The standard InChI is InChI=1S/C17H20O/c1-2-3-13-18-17-12-8-7-11-16(17)14-15-9-5-4-6-10-15/h4-12H,2-3,13-14H2,1H3. The molecule has 0 unspecified atom stereocenters. The molecule has 0 aliphatic carbocycles. The maximum atomic E-state index is 5.85. The molecule has 0 fully saturated rings. The average Bonchev–Trinajstić information content (AvgIpc) is 2.42. The summed E-state index contributed by atoms with van der Waals surface area (Å²) in [6, 6.07) is 18.8. The van der Waals surface area contributed by atoms with Crippen LogP contribution in [0.3, 0.4) is 0 Å². The minimum absolute atomic E-state index is 0.808. The first-order valence-corrected chi connectivity index (χ1v) is 6.65. The molecule has 0 atom stereocenters. The Morgan fingerprint density at radius 1 is 0.889 bits per heavy atom. The van der Waals surface area contributed by atoms with E-state index in [9.17, 15) is 0 Å². The smallest absolute Gasteiger partial charge is 0.122 e. The molecular weight excluding hydrogens is 220 g/mol.